The van der Waals surface area contributed by atoms with Gasteiger partial charge < -0.3 is 10.1 Å². The summed E-state index contributed by atoms with van der Waals surface area (Å²) in [6.45, 7) is 1.85. The van der Waals surface area contributed by atoms with E-state index in [4.69, 9.17) is 39.5 Å². The first-order valence-electron chi connectivity index (χ1n) is 9.36. The van der Waals surface area contributed by atoms with E-state index in [0.29, 0.717) is 52.7 Å². The van der Waals surface area contributed by atoms with E-state index in [9.17, 15) is 9.59 Å². The largest absolute Gasteiger partial charge is 0.495 e. The highest BCUT2D eigenvalue weighted by atomic mass is 35.5. The van der Waals surface area contributed by atoms with E-state index in [2.05, 4.69) is 10.3 Å². The number of halogens is 3. The van der Waals surface area contributed by atoms with Crippen molar-refractivity contribution in [3.8, 4) is 5.75 Å². The van der Waals surface area contributed by atoms with Gasteiger partial charge in [-0.3, -0.25) is 14.2 Å². The molecule has 0 unspecified atom stereocenters. The van der Waals surface area contributed by atoms with Gasteiger partial charge in [-0.2, -0.15) is 0 Å². The SMILES string of the molecule is COc1ccccc1NC(=O)c1sc2ncn(Cc3c(Cl)cc(Cl)cc3Cl)c(=O)c2c1C. The molecule has 0 aliphatic rings. The molecule has 2 aromatic carbocycles. The van der Waals surface area contributed by atoms with Crippen LogP contribution in [-0.4, -0.2) is 22.6 Å². The molecule has 10 heteroatoms. The van der Waals surface area contributed by atoms with Gasteiger partial charge in [-0.25, -0.2) is 4.98 Å². The second kappa shape index (κ2) is 9.11. The second-order valence-electron chi connectivity index (χ2n) is 6.92. The molecule has 0 aliphatic carbocycles. The third-order valence-electron chi connectivity index (χ3n) is 4.91. The number of amides is 1. The molecule has 2 heterocycles. The summed E-state index contributed by atoms with van der Waals surface area (Å²) >= 11 is 19.7. The Labute approximate surface area is 202 Å². The summed E-state index contributed by atoms with van der Waals surface area (Å²) in [4.78, 5) is 31.4. The third kappa shape index (κ3) is 4.21. The van der Waals surface area contributed by atoms with Crippen LogP contribution in [0.3, 0.4) is 0 Å². The van der Waals surface area contributed by atoms with Gasteiger partial charge in [0.2, 0.25) is 0 Å². The predicted molar refractivity (Wildman–Crippen MR) is 130 cm³/mol. The number of carbonyl (C=O) groups excluding carboxylic acids is 1. The van der Waals surface area contributed by atoms with Crippen molar-refractivity contribution in [1.29, 1.82) is 0 Å². The van der Waals surface area contributed by atoms with Crippen molar-refractivity contribution < 1.29 is 9.53 Å². The molecule has 0 atom stereocenters. The van der Waals surface area contributed by atoms with Crippen molar-refractivity contribution in [3.63, 3.8) is 0 Å². The average molecular weight is 509 g/mol. The fourth-order valence-electron chi connectivity index (χ4n) is 3.31. The number of ether oxygens (including phenoxy) is 1. The van der Waals surface area contributed by atoms with E-state index in [1.165, 1.54) is 18.0 Å². The lowest BCUT2D eigenvalue weighted by molar-refractivity contribution is 0.102. The van der Waals surface area contributed by atoms with Crippen LogP contribution >= 0.6 is 46.1 Å². The summed E-state index contributed by atoms with van der Waals surface area (Å²) in [5.41, 5.74) is 1.36. The lowest BCUT2D eigenvalue weighted by Gasteiger charge is -2.10. The summed E-state index contributed by atoms with van der Waals surface area (Å²) in [6, 6.07) is 10.2. The first-order chi connectivity index (χ1) is 15.3. The molecular formula is C22H16Cl3N3O3S. The van der Waals surface area contributed by atoms with E-state index in [1.807, 2.05) is 6.07 Å². The molecule has 2 aromatic heterocycles. The topological polar surface area (TPSA) is 73.2 Å². The summed E-state index contributed by atoms with van der Waals surface area (Å²) in [5.74, 6) is 0.196. The van der Waals surface area contributed by atoms with Gasteiger partial charge in [0, 0.05) is 20.6 Å². The molecule has 0 aliphatic heterocycles. The number of benzene rings is 2. The summed E-state index contributed by atoms with van der Waals surface area (Å²) in [7, 11) is 1.53. The second-order valence-corrected chi connectivity index (χ2v) is 9.17. The highest BCUT2D eigenvalue weighted by Gasteiger charge is 2.21. The van der Waals surface area contributed by atoms with Crippen LogP contribution in [0.5, 0.6) is 5.75 Å². The first-order valence-corrected chi connectivity index (χ1v) is 11.3. The number of aromatic nitrogens is 2. The van der Waals surface area contributed by atoms with Crippen LogP contribution in [0.2, 0.25) is 15.1 Å². The minimum atomic E-state index is -0.343. The van der Waals surface area contributed by atoms with Gasteiger partial charge in [0.1, 0.15) is 10.6 Å². The summed E-state index contributed by atoms with van der Waals surface area (Å²) < 4.78 is 6.69. The molecule has 0 radical (unpaired) electrons. The maximum Gasteiger partial charge on any atom is 0.266 e. The van der Waals surface area contributed by atoms with Crippen LogP contribution in [0, 0.1) is 6.92 Å². The quantitative estimate of drug-likeness (QED) is 0.357. The van der Waals surface area contributed by atoms with E-state index in [-0.39, 0.29) is 18.0 Å². The minimum absolute atomic E-state index is 0.120. The predicted octanol–water partition coefficient (Wildman–Crippen LogP) is 6.04. The maximum atomic E-state index is 13.2. The molecule has 164 valence electrons. The van der Waals surface area contributed by atoms with Crippen molar-refractivity contribution in [1.82, 2.24) is 9.55 Å². The number of nitrogens with one attached hydrogen (secondary N) is 1. The van der Waals surface area contributed by atoms with Crippen LogP contribution in [0.4, 0.5) is 5.69 Å². The number of fused-ring (bicyclic) bond motifs is 1. The number of thiophene rings is 1. The van der Waals surface area contributed by atoms with E-state index in [0.717, 1.165) is 11.3 Å². The number of methoxy groups -OCH3 is 1. The number of rotatable bonds is 5. The van der Waals surface area contributed by atoms with E-state index in [1.54, 1.807) is 37.3 Å². The van der Waals surface area contributed by atoms with Crippen molar-refractivity contribution in [2.24, 2.45) is 0 Å². The first kappa shape index (κ1) is 22.6. The summed E-state index contributed by atoms with van der Waals surface area (Å²) in [5, 5.41) is 4.33. The van der Waals surface area contributed by atoms with E-state index < -0.39 is 0 Å². The Bertz CT molecular complexity index is 1390. The molecule has 0 bridgehead atoms. The molecule has 1 N–H and O–H groups in total. The summed E-state index contributed by atoms with van der Waals surface area (Å²) in [6.07, 6.45) is 1.42. The Kier molecular flexibility index (Phi) is 6.44. The smallest absolute Gasteiger partial charge is 0.266 e. The van der Waals surface area contributed by atoms with Crippen LogP contribution in [0.1, 0.15) is 20.8 Å². The molecule has 4 aromatic rings. The van der Waals surface area contributed by atoms with Gasteiger partial charge in [0.25, 0.3) is 11.5 Å². The zero-order chi connectivity index (χ0) is 23.0. The molecule has 32 heavy (non-hydrogen) atoms. The fourth-order valence-corrected chi connectivity index (χ4v) is 5.28. The van der Waals surface area contributed by atoms with E-state index >= 15 is 0 Å². The monoisotopic (exact) mass is 507 g/mol. The lowest BCUT2D eigenvalue weighted by atomic mass is 10.2. The van der Waals surface area contributed by atoms with Crippen LogP contribution < -0.4 is 15.6 Å². The number of carbonyl (C=O) groups is 1. The number of aryl methyl sites for hydroxylation is 1. The van der Waals surface area contributed by atoms with Gasteiger partial charge in [0.05, 0.1) is 35.9 Å². The normalized spacial score (nSPS) is 11.0. The standard InChI is InChI=1S/C22H16Cl3N3O3S/c1-11-18-21(32-19(11)20(29)27-16-5-3-4-6-17(16)31-2)26-10-28(22(18)30)9-13-14(24)7-12(23)8-15(13)25/h3-8,10H,9H2,1-2H3,(H,27,29). The highest BCUT2D eigenvalue weighted by Crippen LogP contribution is 2.31. The number of anilines is 1. The Hall–Kier alpha value is -2.58. The minimum Gasteiger partial charge on any atom is -0.495 e. The average Bonchev–Trinajstić information content (AvgIpc) is 3.09. The molecule has 0 saturated heterocycles. The van der Waals surface area contributed by atoms with Crippen LogP contribution in [0.15, 0.2) is 47.5 Å². The maximum absolute atomic E-state index is 13.2. The Morgan fingerprint density at radius 1 is 1.19 bits per heavy atom. The van der Waals surface area contributed by atoms with Crippen molar-refractivity contribution >= 4 is 68.0 Å². The van der Waals surface area contributed by atoms with Crippen molar-refractivity contribution in [2.75, 3.05) is 12.4 Å². The molecule has 0 saturated carbocycles. The number of nitrogens with zero attached hydrogens (tertiary/aromatic N) is 2. The molecular weight excluding hydrogens is 493 g/mol. The number of hydrogen-bond donors (Lipinski definition) is 1. The Morgan fingerprint density at radius 3 is 2.56 bits per heavy atom. The fraction of sp³-hybridized carbons (Fsp3) is 0.136. The van der Waals surface area contributed by atoms with Crippen LogP contribution in [0.25, 0.3) is 10.2 Å². The van der Waals surface area contributed by atoms with Gasteiger partial charge in [0.15, 0.2) is 0 Å². The van der Waals surface area contributed by atoms with Gasteiger partial charge in [-0.1, -0.05) is 46.9 Å². The molecule has 0 fully saturated rings. The Morgan fingerprint density at radius 2 is 1.88 bits per heavy atom. The molecule has 0 spiro atoms. The van der Waals surface area contributed by atoms with Crippen molar-refractivity contribution in [2.45, 2.75) is 13.5 Å². The van der Waals surface area contributed by atoms with Gasteiger partial charge >= 0.3 is 0 Å². The van der Waals surface area contributed by atoms with Gasteiger partial charge in [-0.15, -0.1) is 11.3 Å². The third-order valence-corrected chi connectivity index (χ3v) is 7.00. The lowest BCUT2D eigenvalue weighted by Crippen LogP contribution is -2.21. The molecule has 4 rings (SSSR count). The molecule has 1 amide bonds. The van der Waals surface area contributed by atoms with Crippen molar-refractivity contribution in [3.05, 3.63) is 84.2 Å². The number of para-hydroxylation sites is 2. The Balaban J connectivity index is 1.71. The van der Waals surface area contributed by atoms with Crippen LogP contribution in [-0.2, 0) is 6.54 Å². The molecule has 6 nitrogen and oxygen atoms in total. The van der Waals surface area contributed by atoms with Gasteiger partial charge in [-0.05, 0) is 36.8 Å². The zero-order valence-corrected chi connectivity index (χ0v) is 20.0. The zero-order valence-electron chi connectivity index (χ0n) is 16.9. The number of hydrogen-bond acceptors (Lipinski definition) is 5. The highest BCUT2D eigenvalue weighted by molar-refractivity contribution is 7.20.